The van der Waals surface area contributed by atoms with Crippen molar-refractivity contribution in [2.45, 2.75) is 32.2 Å². The largest absolute Gasteiger partial charge is 0.461 e. The number of aryl methyl sites for hydroxylation is 1. The Hall–Kier alpha value is -1.93. The van der Waals surface area contributed by atoms with Crippen LogP contribution in [0.5, 0.6) is 0 Å². The molecule has 6 nitrogen and oxygen atoms in total. The molecule has 0 aromatic carbocycles. The van der Waals surface area contributed by atoms with E-state index in [2.05, 4.69) is 28.5 Å². The van der Waals surface area contributed by atoms with Gasteiger partial charge in [-0.2, -0.15) is 0 Å². The third-order valence-electron chi connectivity index (χ3n) is 4.34. The number of nitrogens with zero attached hydrogens (tertiary/aromatic N) is 3. The smallest absolute Gasteiger partial charge is 0.217 e. The highest BCUT2D eigenvalue weighted by Gasteiger charge is 2.32. The molecule has 1 saturated heterocycles. The molecule has 25 heavy (non-hydrogen) atoms. The molecule has 1 aliphatic rings. The number of aromatic nitrogens is 3. The van der Waals surface area contributed by atoms with Gasteiger partial charge in [0.15, 0.2) is 21.4 Å². The molecule has 4 heterocycles. The maximum absolute atomic E-state index is 11.9. The number of hydrogen-bond acceptors (Lipinski definition) is 6. The van der Waals surface area contributed by atoms with Gasteiger partial charge in [-0.15, -0.1) is 16.4 Å². The molecule has 1 fully saturated rings. The van der Waals surface area contributed by atoms with Gasteiger partial charge >= 0.3 is 0 Å². The number of furan rings is 1. The summed E-state index contributed by atoms with van der Waals surface area (Å²) in [5, 5.41) is 6.65. The zero-order valence-electron chi connectivity index (χ0n) is 13.9. The minimum absolute atomic E-state index is 0.118. The van der Waals surface area contributed by atoms with Crippen molar-refractivity contribution in [1.82, 2.24) is 14.8 Å². The van der Waals surface area contributed by atoms with Gasteiger partial charge in [0, 0.05) is 15.8 Å². The van der Waals surface area contributed by atoms with Crippen molar-refractivity contribution in [2.24, 2.45) is 0 Å². The molecule has 4 rings (SSSR count). The Kier molecular flexibility index (Phi) is 4.24. The maximum atomic E-state index is 11.9. The lowest BCUT2D eigenvalue weighted by Crippen LogP contribution is -2.13. The fourth-order valence-electron chi connectivity index (χ4n) is 3.13. The molecule has 132 valence electrons. The van der Waals surface area contributed by atoms with Crippen LogP contribution in [0.15, 0.2) is 34.3 Å². The van der Waals surface area contributed by atoms with Crippen LogP contribution < -0.4 is 0 Å². The number of thiophene rings is 1. The Morgan fingerprint density at radius 1 is 1.44 bits per heavy atom. The number of hydrogen-bond donors (Lipinski definition) is 0. The molecule has 0 saturated carbocycles. The molecule has 1 atom stereocenters. The topological polar surface area (TPSA) is 78.0 Å². The van der Waals surface area contributed by atoms with Crippen LogP contribution in [-0.4, -0.2) is 34.7 Å². The van der Waals surface area contributed by atoms with Gasteiger partial charge < -0.3 is 4.42 Å². The molecule has 3 aromatic heterocycles. The second kappa shape index (κ2) is 6.42. The van der Waals surface area contributed by atoms with Gasteiger partial charge in [-0.25, -0.2) is 18.1 Å². The minimum Gasteiger partial charge on any atom is -0.461 e. The van der Waals surface area contributed by atoms with Crippen LogP contribution in [0.1, 0.15) is 30.7 Å². The van der Waals surface area contributed by atoms with Gasteiger partial charge in [-0.05, 0) is 31.0 Å². The zero-order chi connectivity index (χ0) is 17.4. The molecule has 0 amide bonds. The first-order valence-corrected chi connectivity index (χ1v) is 11.0. The molecule has 0 radical (unpaired) electrons. The molecule has 0 N–H and O–H groups in total. The normalized spacial score (nSPS) is 19.5. The lowest BCUT2D eigenvalue weighted by atomic mass is 10.2. The second-order valence-electron chi connectivity index (χ2n) is 6.29. The summed E-state index contributed by atoms with van der Waals surface area (Å²) in [5.74, 6) is 2.12. The van der Waals surface area contributed by atoms with E-state index in [1.807, 2.05) is 6.07 Å². The lowest BCUT2D eigenvalue weighted by Gasteiger charge is -2.10. The molecule has 0 spiro atoms. The van der Waals surface area contributed by atoms with Crippen LogP contribution in [-0.2, 0) is 16.3 Å². The molecule has 0 bridgehead atoms. The van der Waals surface area contributed by atoms with E-state index < -0.39 is 9.84 Å². The standard InChI is InChI=1S/C17H19N3O3S2/c1-2-4-14-9-12(10-24-14)17-18-16(15-5-3-7-23-15)19-20(17)13-6-8-25(21,22)11-13/h3,5,7,9-10,13H,2,4,6,8,11H2,1H3/t13-/m0/s1. The van der Waals surface area contributed by atoms with Crippen molar-refractivity contribution in [2.75, 3.05) is 11.5 Å². The first-order chi connectivity index (χ1) is 12.1. The van der Waals surface area contributed by atoms with E-state index in [-0.39, 0.29) is 17.5 Å². The average Bonchev–Trinajstić information content (AvgIpc) is 3.32. The first kappa shape index (κ1) is 16.5. The van der Waals surface area contributed by atoms with Gasteiger partial charge in [0.1, 0.15) is 0 Å². The van der Waals surface area contributed by atoms with Gasteiger partial charge in [0.05, 0.1) is 23.8 Å². The van der Waals surface area contributed by atoms with E-state index in [1.165, 1.54) is 4.88 Å². The van der Waals surface area contributed by atoms with Crippen LogP contribution in [0.25, 0.3) is 23.0 Å². The quantitative estimate of drug-likeness (QED) is 0.679. The summed E-state index contributed by atoms with van der Waals surface area (Å²) in [7, 11) is -3.00. The highest BCUT2D eigenvalue weighted by Crippen LogP contribution is 2.32. The summed E-state index contributed by atoms with van der Waals surface area (Å²) in [6.45, 7) is 2.15. The minimum atomic E-state index is -3.00. The summed E-state index contributed by atoms with van der Waals surface area (Å²) in [6.07, 6.45) is 4.27. The second-order valence-corrected chi connectivity index (χ2v) is 9.51. The monoisotopic (exact) mass is 377 g/mol. The Bertz CT molecular complexity index is 971. The number of sulfone groups is 1. The first-order valence-electron chi connectivity index (χ1n) is 8.34. The Morgan fingerprint density at radius 2 is 2.32 bits per heavy atom. The molecule has 1 aliphatic heterocycles. The van der Waals surface area contributed by atoms with E-state index in [1.54, 1.807) is 28.3 Å². The van der Waals surface area contributed by atoms with Crippen LogP contribution in [0.4, 0.5) is 0 Å². The van der Waals surface area contributed by atoms with Crippen LogP contribution in [0.3, 0.4) is 0 Å². The maximum Gasteiger partial charge on any atom is 0.217 e. The van der Waals surface area contributed by atoms with Crippen molar-refractivity contribution in [3.8, 4) is 23.0 Å². The summed E-state index contributed by atoms with van der Waals surface area (Å²) in [6, 6.07) is 5.56. The van der Waals surface area contributed by atoms with Crippen LogP contribution in [0, 0.1) is 0 Å². The Labute approximate surface area is 150 Å². The average molecular weight is 377 g/mol. The highest BCUT2D eigenvalue weighted by molar-refractivity contribution is 7.91. The predicted octanol–water partition coefficient (Wildman–Crippen LogP) is 3.58. The fraction of sp³-hybridized carbons (Fsp3) is 0.412. The highest BCUT2D eigenvalue weighted by atomic mass is 32.2. The zero-order valence-corrected chi connectivity index (χ0v) is 15.5. The van der Waals surface area contributed by atoms with Gasteiger partial charge in [0.25, 0.3) is 0 Å². The summed E-state index contributed by atoms with van der Waals surface area (Å²) < 4.78 is 31.0. The third-order valence-corrected chi connectivity index (χ3v) is 7.08. The van der Waals surface area contributed by atoms with E-state index >= 15 is 0 Å². The summed E-state index contributed by atoms with van der Waals surface area (Å²) >= 11 is 1.70. The molecule has 0 aliphatic carbocycles. The van der Waals surface area contributed by atoms with Gasteiger partial charge in [-0.1, -0.05) is 13.3 Å². The molecular weight excluding hydrogens is 358 g/mol. The van der Waals surface area contributed by atoms with Crippen molar-refractivity contribution in [3.63, 3.8) is 0 Å². The van der Waals surface area contributed by atoms with Crippen molar-refractivity contribution in [3.05, 3.63) is 34.7 Å². The summed E-state index contributed by atoms with van der Waals surface area (Å²) in [4.78, 5) is 5.96. The van der Waals surface area contributed by atoms with Crippen LogP contribution >= 0.6 is 11.3 Å². The van der Waals surface area contributed by atoms with E-state index in [9.17, 15) is 8.42 Å². The Morgan fingerprint density at radius 3 is 3.00 bits per heavy atom. The molecule has 0 unspecified atom stereocenters. The predicted molar refractivity (Wildman–Crippen MR) is 97.3 cm³/mol. The van der Waals surface area contributed by atoms with E-state index in [4.69, 9.17) is 4.42 Å². The van der Waals surface area contributed by atoms with E-state index in [0.717, 1.165) is 18.4 Å². The van der Waals surface area contributed by atoms with Gasteiger partial charge in [-0.3, -0.25) is 0 Å². The number of rotatable bonds is 5. The lowest BCUT2D eigenvalue weighted by molar-refractivity contribution is 0.502. The Balaban J connectivity index is 1.77. The van der Waals surface area contributed by atoms with Gasteiger partial charge in [0.2, 0.25) is 5.82 Å². The molecule has 8 heteroatoms. The van der Waals surface area contributed by atoms with Crippen LogP contribution in [0.2, 0.25) is 0 Å². The van der Waals surface area contributed by atoms with Crippen molar-refractivity contribution < 1.29 is 12.8 Å². The molecule has 3 aromatic rings. The molecular formula is C17H19N3O3S2. The van der Waals surface area contributed by atoms with Crippen molar-refractivity contribution in [1.29, 1.82) is 0 Å². The third kappa shape index (κ3) is 3.28. The van der Waals surface area contributed by atoms with Crippen molar-refractivity contribution >= 4 is 21.2 Å². The van der Waals surface area contributed by atoms with E-state index in [0.29, 0.717) is 23.8 Å². The fourth-order valence-corrected chi connectivity index (χ4v) is 5.79. The SMILES string of the molecule is CCCc1cc(-c2nc(-c3ccco3)nn2[C@H]2CCS(=O)(=O)C2)cs1. The summed E-state index contributed by atoms with van der Waals surface area (Å²) in [5.41, 5.74) is 0.989.